The van der Waals surface area contributed by atoms with Crippen molar-refractivity contribution in [2.45, 2.75) is 26.8 Å². The smallest absolute Gasteiger partial charge is 0.0887 e. The van der Waals surface area contributed by atoms with Crippen LogP contribution in [0, 0.1) is 13.8 Å². The predicted molar refractivity (Wildman–Crippen MR) is 98.1 cm³/mol. The van der Waals surface area contributed by atoms with Crippen molar-refractivity contribution in [2.24, 2.45) is 0 Å². The van der Waals surface area contributed by atoms with Crippen molar-refractivity contribution in [3.63, 3.8) is 0 Å². The molecular weight excluding hydrogens is 294 g/mol. The van der Waals surface area contributed by atoms with Crippen molar-refractivity contribution in [3.05, 3.63) is 77.1 Å². The molecule has 4 rings (SSSR count). The number of anilines is 1. The van der Waals surface area contributed by atoms with Gasteiger partial charge in [0.2, 0.25) is 0 Å². The summed E-state index contributed by atoms with van der Waals surface area (Å²) >= 11 is 0. The molecule has 3 nitrogen and oxygen atoms in total. The topological polar surface area (TPSA) is 29.0 Å². The summed E-state index contributed by atoms with van der Waals surface area (Å²) in [5, 5.41) is 0. The van der Waals surface area contributed by atoms with Gasteiger partial charge in [-0.3, -0.25) is 9.97 Å². The zero-order valence-corrected chi connectivity index (χ0v) is 14.2. The molecule has 0 bridgehead atoms. The van der Waals surface area contributed by atoms with E-state index in [0.717, 1.165) is 30.9 Å². The summed E-state index contributed by atoms with van der Waals surface area (Å²) in [6.45, 7) is 6.39. The maximum Gasteiger partial charge on any atom is 0.0887 e. The van der Waals surface area contributed by atoms with Crippen molar-refractivity contribution in [1.82, 2.24) is 9.97 Å². The Kier molecular flexibility index (Phi) is 3.77. The van der Waals surface area contributed by atoms with Crippen molar-refractivity contribution in [2.75, 3.05) is 11.4 Å². The molecular formula is C21H21N3. The van der Waals surface area contributed by atoms with Crippen LogP contribution in [0.4, 0.5) is 5.69 Å². The quantitative estimate of drug-likeness (QED) is 0.705. The molecule has 0 unspecified atom stereocenters. The van der Waals surface area contributed by atoms with E-state index < -0.39 is 0 Å². The molecule has 2 aromatic heterocycles. The molecule has 0 spiro atoms. The zero-order valence-electron chi connectivity index (χ0n) is 14.2. The number of nitrogens with zero attached hydrogens (tertiary/aromatic N) is 3. The molecule has 120 valence electrons. The Balaban J connectivity index is 1.58. The van der Waals surface area contributed by atoms with Crippen LogP contribution in [-0.4, -0.2) is 16.5 Å². The number of hydrogen-bond donors (Lipinski definition) is 0. The van der Waals surface area contributed by atoms with E-state index in [1.807, 2.05) is 24.4 Å². The van der Waals surface area contributed by atoms with Gasteiger partial charge in [-0.05, 0) is 66.8 Å². The summed E-state index contributed by atoms with van der Waals surface area (Å²) in [6, 6.07) is 14.8. The number of fused-ring (bicyclic) bond motifs is 1. The van der Waals surface area contributed by atoms with Gasteiger partial charge >= 0.3 is 0 Å². The van der Waals surface area contributed by atoms with Crippen LogP contribution < -0.4 is 4.90 Å². The first-order chi connectivity index (χ1) is 11.7. The van der Waals surface area contributed by atoms with Crippen molar-refractivity contribution in [3.8, 4) is 11.4 Å². The van der Waals surface area contributed by atoms with E-state index in [2.05, 4.69) is 53.0 Å². The van der Waals surface area contributed by atoms with Gasteiger partial charge in [-0.2, -0.15) is 0 Å². The van der Waals surface area contributed by atoms with E-state index in [9.17, 15) is 0 Å². The van der Waals surface area contributed by atoms with Crippen molar-refractivity contribution < 1.29 is 0 Å². The maximum atomic E-state index is 4.61. The molecule has 1 aliphatic rings. The molecule has 0 aliphatic carbocycles. The van der Waals surface area contributed by atoms with E-state index in [4.69, 9.17) is 0 Å². The van der Waals surface area contributed by atoms with Crippen molar-refractivity contribution >= 4 is 5.69 Å². The molecule has 0 fully saturated rings. The van der Waals surface area contributed by atoms with E-state index >= 15 is 0 Å². The van der Waals surface area contributed by atoms with Crippen LogP contribution >= 0.6 is 0 Å². The van der Waals surface area contributed by atoms with Gasteiger partial charge in [0.15, 0.2) is 0 Å². The van der Waals surface area contributed by atoms with Crippen LogP contribution in [0.25, 0.3) is 11.4 Å². The first-order valence-electron chi connectivity index (χ1n) is 8.42. The van der Waals surface area contributed by atoms with Crippen molar-refractivity contribution in [1.29, 1.82) is 0 Å². The predicted octanol–water partition coefficient (Wildman–Crippen LogP) is 4.32. The summed E-state index contributed by atoms with van der Waals surface area (Å²) in [6.07, 6.45) is 4.87. The van der Waals surface area contributed by atoms with Crippen LogP contribution in [0.2, 0.25) is 0 Å². The molecule has 0 saturated heterocycles. The van der Waals surface area contributed by atoms with E-state index in [0.29, 0.717) is 0 Å². The van der Waals surface area contributed by atoms with Gasteiger partial charge in [-0.15, -0.1) is 0 Å². The third-order valence-electron chi connectivity index (χ3n) is 4.87. The Morgan fingerprint density at radius 1 is 0.875 bits per heavy atom. The Morgan fingerprint density at radius 3 is 2.38 bits per heavy atom. The van der Waals surface area contributed by atoms with Gasteiger partial charge in [0.05, 0.1) is 23.3 Å². The largest absolute Gasteiger partial charge is 0.366 e. The molecule has 0 radical (unpaired) electrons. The number of pyridine rings is 2. The monoisotopic (exact) mass is 315 g/mol. The lowest BCUT2D eigenvalue weighted by Crippen LogP contribution is -2.30. The summed E-state index contributed by atoms with van der Waals surface area (Å²) in [4.78, 5) is 11.4. The standard InChI is InChI=1S/C21H21N3/c1-15-11-17-8-10-24(14-18(17)12-16(15)2)19-6-7-21(23-13-19)20-5-3-4-9-22-20/h3-7,9,11-13H,8,10,14H2,1-2H3. The van der Waals surface area contributed by atoms with Crippen LogP contribution in [0.3, 0.4) is 0 Å². The number of aromatic nitrogens is 2. The van der Waals surface area contributed by atoms with E-state index in [1.54, 1.807) is 6.20 Å². The third kappa shape index (κ3) is 2.78. The van der Waals surface area contributed by atoms with Gasteiger partial charge in [0.1, 0.15) is 0 Å². The summed E-state index contributed by atoms with van der Waals surface area (Å²) in [7, 11) is 0. The summed E-state index contributed by atoms with van der Waals surface area (Å²) in [5.74, 6) is 0. The fraction of sp³-hybridized carbons (Fsp3) is 0.238. The van der Waals surface area contributed by atoms with Gasteiger partial charge in [0, 0.05) is 19.3 Å². The average Bonchev–Trinajstić information content (AvgIpc) is 2.63. The molecule has 24 heavy (non-hydrogen) atoms. The normalized spacial score (nSPS) is 13.7. The maximum absolute atomic E-state index is 4.61. The average molecular weight is 315 g/mol. The highest BCUT2D eigenvalue weighted by Gasteiger charge is 2.17. The Morgan fingerprint density at radius 2 is 1.67 bits per heavy atom. The summed E-state index contributed by atoms with van der Waals surface area (Å²) in [5.41, 5.74) is 8.72. The minimum absolute atomic E-state index is 0.916. The van der Waals surface area contributed by atoms with Crippen LogP contribution in [0.15, 0.2) is 54.9 Å². The molecule has 0 atom stereocenters. The highest BCUT2D eigenvalue weighted by Crippen LogP contribution is 2.27. The third-order valence-corrected chi connectivity index (χ3v) is 4.87. The summed E-state index contributed by atoms with van der Waals surface area (Å²) < 4.78 is 0. The fourth-order valence-electron chi connectivity index (χ4n) is 3.32. The number of rotatable bonds is 2. The van der Waals surface area contributed by atoms with Crippen LogP contribution in [0.1, 0.15) is 22.3 Å². The molecule has 3 heterocycles. The van der Waals surface area contributed by atoms with Crippen LogP contribution in [0.5, 0.6) is 0 Å². The van der Waals surface area contributed by atoms with E-state index in [-0.39, 0.29) is 0 Å². The Bertz CT molecular complexity index is 854. The molecule has 3 heteroatoms. The molecule has 3 aromatic rings. The Labute approximate surface area is 143 Å². The molecule has 1 aromatic carbocycles. The zero-order chi connectivity index (χ0) is 16.5. The first kappa shape index (κ1) is 14.9. The molecule has 0 saturated carbocycles. The lowest BCUT2D eigenvalue weighted by atomic mass is 9.94. The molecule has 0 N–H and O–H groups in total. The fourth-order valence-corrected chi connectivity index (χ4v) is 3.32. The van der Waals surface area contributed by atoms with Gasteiger partial charge in [0.25, 0.3) is 0 Å². The second-order valence-corrected chi connectivity index (χ2v) is 6.49. The van der Waals surface area contributed by atoms with E-state index in [1.165, 1.54) is 27.9 Å². The lowest BCUT2D eigenvalue weighted by molar-refractivity contribution is 0.728. The second kappa shape index (κ2) is 6.08. The minimum Gasteiger partial charge on any atom is -0.366 e. The number of benzene rings is 1. The number of hydrogen-bond acceptors (Lipinski definition) is 3. The second-order valence-electron chi connectivity index (χ2n) is 6.49. The minimum atomic E-state index is 0.916. The van der Waals surface area contributed by atoms with Gasteiger partial charge in [-0.25, -0.2) is 0 Å². The molecule has 1 aliphatic heterocycles. The highest BCUT2D eigenvalue weighted by molar-refractivity contribution is 5.58. The number of aryl methyl sites for hydroxylation is 2. The van der Waals surface area contributed by atoms with Crippen LogP contribution in [-0.2, 0) is 13.0 Å². The molecule has 0 amide bonds. The van der Waals surface area contributed by atoms with Gasteiger partial charge < -0.3 is 4.90 Å². The van der Waals surface area contributed by atoms with Gasteiger partial charge in [-0.1, -0.05) is 18.2 Å². The first-order valence-corrected chi connectivity index (χ1v) is 8.42. The Hall–Kier alpha value is -2.68. The lowest BCUT2D eigenvalue weighted by Gasteiger charge is -2.31. The highest BCUT2D eigenvalue weighted by atomic mass is 15.1. The SMILES string of the molecule is Cc1cc2c(cc1C)CN(c1ccc(-c3ccccn3)nc1)CC2.